The second kappa shape index (κ2) is 6.70. The van der Waals surface area contributed by atoms with Crippen molar-refractivity contribution in [3.63, 3.8) is 0 Å². The smallest absolute Gasteiger partial charge is 0.373 e. The minimum absolute atomic E-state index is 0.238. The molecule has 6 heteroatoms. The molecule has 0 N–H and O–H groups in total. The average Bonchev–Trinajstić information content (AvgIpc) is 2.16. The van der Waals surface area contributed by atoms with Gasteiger partial charge in [-0.3, -0.25) is 0 Å². The first-order chi connectivity index (χ1) is 7.04. The lowest BCUT2D eigenvalue weighted by molar-refractivity contribution is -0.191. The number of rotatable bonds is 1. The van der Waals surface area contributed by atoms with Crippen molar-refractivity contribution in [2.75, 3.05) is 7.11 Å². The minimum atomic E-state index is -0.472. The van der Waals surface area contributed by atoms with Crippen LogP contribution in [0.1, 0.15) is 16.2 Å². The van der Waals surface area contributed by atoms with Gasteiger partial charge in [-0.25, -0.2) is 9.78 Å². The van der Waals surface area contributed by atoms with Crippen molar-refractivity contribution in [3.8, 4) is 0 Å². The van der Waals surface area contributed by atoms with E-state index in [1.807, 2.05) is 0 Å². The fourth-order valence-corrected chi connectivity index (χ4v) is 1.10. The van der Waals surface area contributed by atoms with E-state index in [1.54, 1.807) is 13.0 Å². The van der Waals surface area contributed by atoms with Crippen molar-refractivity contribution in [3.05, 3.63) is 28.5 Å². The van der Waals surface area contributed by atoms with Crippen molar-refractivity contribution in [1.82, 2.24) is 4.98 Å². The highest BCUT2D eigenvalue weighted by Gasteiger charge is 2.07. The second-order valence-corrected chi connectivity index (χ2v) is 2.82. The third-order valence-corrected chi connectivity index (χ3v) is 1.53. The van der Waals surface area contributed by atoms with E-state index in [0.29, 0.717) is 10.7 Å². The van der Waals surface area contributed by atoms with E-state index in [4.69, 9.17) is 21.2 Å². The topological polar surface area (TPSA) is 73.3 Å². The Morgan fingerprint density at radius 1 is 1.47 bits per heavy atom. The largest absolute Gasteiger partial charge is 0.464 e. The lowest BCUT2D eigenvalue weighted by atomic mass is 10.3. The molecule has 0 amide bonds. The van der Waals surface area contributed by atoms with E-state index < -0.39 is 5.97 Å². The van der Waals surface area contributed by atoms with E-state index in [2.05, 4.69) is 9.72 Å². The van der Waals surface area contributed by atoms with E-state index in [0.717, 1.165) is 0 Å². The summed E-state index contributed by atoms with van der Waals surface area (Å²) in [6.45, 7) is 1.76. The molecule has 0 aliphatic heterocycles. The Hall–Kier alpha value is -1.71. The summed E-state index contributed by atoms with van der Waals surface area (Å²) in [4.78, 5) is 31.2. The van der Waals surface area contributed by atoms with Crippen molar-refractivity contribution in [1.29, 1.82) is 0 Å². The molecule has 0 aliphatic rings. The molecule has 0 fully saturated rings. The molecule has 0 bridgehead atoms. The number of hydrogen-bond acceptors (Lipinski definition) is 5. The third-order valence-electron chi connectivity index (χ3n) is 1.31. The van der Waals surface area contributed by atoms with Crippen LogP contribution in [0, 0.1) is 6.92 Å². The Balaban J connectivity index is 0.000000583. The van der Waals surface area contributed by atoms with Crippen LogP contribution in [0.25, 0.3) is 0 Å². The van der Waals surface area contributed by atoms with Crippen LogP contribution in [0.2, 0.25) is 5.02 Å². The predicted octanol–water partition coefficient (Wildman–Crippen LogP) is 1.25. The van der Waals surface area contributed by atoms with Gasteiger partial charge in [0.2, 0.25) is 0 Å². The highest BCUT2D eigenvalue weighted by atomic mass is 35.5. The first-order valence-corrected chi connectivity index (χ1v) is 4.14. The van der Waals surface area contributed by atoms with Crippen LogP contribution < -0.4 is 0 Å². The number of aromatic nitrogens is 1. The van der Waals surface area contributed by atoms with Crippen LogP contribution in [0.4, 0.5) is 0 Å². The maximum Gasteiger partial charge on any atom is 0.373 e. The molecule has 0 saturated carbocycles. The highest BCUT2D eigenvalue weighted by Crippen LogP contribution is 2.11. The number of aryl methyl sites for hydroxylation is 1. The maximum absolute atomic E-state index is 11.0. The normalized spacial score (nSPS) is 8.20. The molecule has 1 rings (SSSR count). The third kappa shape index (κ3) is 4.90. The van der Waals surface area contributed by atoms with Gasteiger partial charge >= 0.3 is 12.1 Å². The molecule has 0 spiro atoms. The van der Waals surface area contributed by atoms with Crippen molar-refractivity contribution < 1.29 is 19.1 Å². The summed E-state index contributed by atoms with van der Waals surface area (Å²) in [5.41, 5.74) is 0.936. The van der Waals surface area contributed by atoms with Gasteiger partial charge in [0.05, 0.1) is 7.11 Å². The van der Waals surface area contributed by atoms with Crippen molar-refractivity contribution in [2.45, 2.75) is 6.92 Å². The summed E-state index contributed by atoms with van der Waals surface area (Å²) in [5, 5.41) is 0.489. The molecular formula is C9H8ClNO4. The fraction of sp³-hybridized carbons (Fsp3) is 0.222. The first-order valence-electron chi connectivity index (χ1n) is 3.77. The molecule has 1 aromatic rings. The van der Waals surface area contributed by atoms with Crippen molar-refractivity contribution in [2.24, 2.45) is 0 Å². The van der Waals surface area contributed by atoms with Gasteiger partial charge in [0.1, 0.15) is 5.69 Å². The molecule has 15 heavy (non-hydrogen) atoms. The molecule has 5 nitrogen and oxygen atoms in total. The Morgan fingerprint density at radius 3 is 2.40 bits per heavy atom. The van der Waals surface area contributed by atoms with E-state index in [9.17, 15) is 4.79 Å². The number of halogens is 1. The number of nitrogens with zero attached hydrogens (tertiary/aromatic N) is 1. The molecule has 0 aromatic carbocycles. The lowest BCUT2D eigenvalue weighted by Gasteiger charge is -1.99. The summed E-state index contributed by atoms with van der Waals surface area (Å²) < 4.78 is 4.49. The Bertz CT molecular complexity index is 365. The number of carbonyl (C=O) groups is 1. The molecule has 1 heterocycles. The van der Waals surface area contributed by atoms with Crippen LogP contribution >= 0.6 is 11.6 Å². The zero-order chi connectivity index (χ0) is 11.8. The average molecular weight is 230 g/mol. The number of carbonyl (C=O) groups excluding carboxylic acids is 3. The maximum atomic E-state index is 11.0. The number of pyridine rings is 1. The number of methoxy groups -OCH3 is 1. The van der Waals surface area contributed by atoms with Crippen LogP contribution in [0.15, 0.2) is 12.1 Å². The molecular weight excluding hydrogens is 222 g/mol. The zero-order valence-electron chi connectivity index (χ0n) is 8.11. The summed E-state index contributed by atoms with van der Waals surface area (Å²) in [5.74, 6) is -0.472. The quantitative estimate of drug-likeness (QED) is 0.678. The van der Waals surface area contributed by atoms with Crippen molar-refractivity contribution >= 4 is 23.7 Å². The van der Waals surface area contributed by atoms with Crippen LogP contribution in [-0.2, 0) is 14.3 Å². The number of hydrogen-bond donors (Lipinski definition) is 0. The lowest BCUT2D eigenvalue weighted by Crippen LogP contribution is -2.04. The van der Waals surface area contributed by atoms with Gasteiger partial charge in [-0.05, 0) is 19.1 Å². The summed E-state index contributed by atoms with van der Waals surface area (Å²) in [6.07, 6.45) is 0.250. The van der Waals surface area contributed by atoms with Crippen LogP contribution in [0.3, 0.4) is 0 Å². The molecule has 0 saturated heterocycles. The van der Waals surface area contributed by atoms with Crippen LogP contribution in [-0.4, -0.2) is 24.2 Å². The Labute approximate surface area is 91.0 Å². The van der Waals surface area contributed by atoms with Gasteiger partial charge in [0.25, 0.3) is 0 Å². The van der Waals surface area contributed by atoms with Gasteiger partial charge < -0.3 is 4.74 Å². The van der Waals surface area contributed by atoms with E-state index in [-0.39, 0.29) is 11.8 Å². The van der Waals surface area contributed by atoms with Gasteiger partial charge in [-0.1, -0.05) is 11.6 Å². The summed E-state index contributed by atoms with van der Waals surface area (Å²) in [7, 11) is 1.31. The van der Waals surface area contributed by atoms with Gasteiger partial charge in [-0.2, -0.15) is 9.59 Å². The Kier molecular flexibility index (Phi) is 5.94. The SMILES string of the molecule is COC(=O)c1cc(Cl)cc(C)n1.O=C=O. The van der Waals surface area contributed by atoms with Gasteiger partial charge in [0.15, 0.2) is 0 Å². The van der Waals surface area contributed by atoms with E-state index in [1.165, 1.54) is 13.2 Å². The minimum Gasteiger partial charge on any atom is -0.464 e. The molecule has 0 unspecified atom stereocenters. The molecule has 0 aliphatic carbocycles. The Morgan fingerprint density at radius 2 is 2.00 bits per heavy atom. The number of esters is 1. The first kappa shape index (κ1) is 13.3. The molecule has 0 atom stereocenters. The fourth-order valence-electron chi connectivity index (χ4n) is 0.836. The number of ether oxygens (including phenoxy) is 1. The molecule has 1 aromatic heterocycles. The zero-order valence-corrected chi connectivity index (χ0v) is 8.87. The van der Waals surface area contributed by atoms with Gasteiger partial charge in [0, 0.05) is 10.7 Å². The summed E-state index contributed by atoms with van der Waals surface area (Å²) >= 11 is 5.70. The van der Waals surface area contributed by atoms with E-state index >= 15 is 0 Å². The molecule has 80 valence electrons. The predicted molar refractivity (Wildman–Crippen MR) is 50.3 cm³/mol. The second-order valence-electron chi connectivity index (χ2n) is 2.39. The summed E-state index contributed by atoms with van der Waals surface area (Å²) in [6, 6.07) is 3.15. The standard InChI is InChI=1S/C8H8ClNO2.CO2/c1-5-3-6(9)4-7(10-5)8(11)12-2;2-1-3/h3-4H,1-2H3;. The molecule has 0 radical (unpaired) electrons. The monoisotopic (exact) mass is 229 g/mol. The van der Waals surface area contributed by atoms with Gasteiger partial charge in [-0.15, -0.1) is 0 Å². The highest BCUT2D eigenvalue weighted by molar-refractivity contribution is 6.30. The van der Waals surface area contributed by atoms with Crippen LogP contribution in [0.5, 0.6) is 0 Å².